The van der Waals surface area contributed by atoms with E-state index in [9.17, 15) is 27.6 Å². The number of fused-ring (bicyclic) bond motifs is 3. The van der Waals surface area contributed by atoms with Crippen LogP contribution in [-0.2, 0) is 29.1 Å². The highest BCUT2D eigenvalue weighted by molar-refractivity contribution is 7.91. The standard InChI is InChI=1S/C38H52N6O9S/c1-22(2)24(4)52-36(48)41-29-13-11-9-7-8-10-12-25-20-38(25,35(47)43-54(49,50)37(5)16-17-37)42-32(45)31-19-27(21-44(31)34(29)46)53-33-23(3)39-28-15-14-26(51-6)18-30(28)40-33/h10,12,14-15,18,22,24-25,27,29,31H,7-9,11,13,16-17,19-21H2,1-6H3,(H,41,48)(H,42,45)(H,43,47)/b12-10+/t24-,25+,27+,29-,31-,38+/m0/s1. The van der Waals surface area contributed by atoms with Gasteiger partial charge in [0, 0.05) is 18.4 Å². The topological polar surface area (TPSA) is 195 Å². The molecule has 16 heteroatoms. The van der Waals surface area contributed by atoms with E-state index < -0.39 is 74.3 Å². The lowest BCUT2D eigenvalue weighted by Gasteiger charge is -2.30. The van der Waals surface area contributed by atoms with Gasteiger partial charge in [0.05, 0.1) is 29.4 Å². The highest BCUT2D eigenvalue weighted by Gasteiger charge is 2.63. The number of hydrogen-bond acceptors (Lipinski definition) is 11. The lowest BCUT2D eigenvalue weighted by Crippen LogP contribution is -2.58. The molecule has 0 radical (unpaired) electrons. The fraction of sp³-hybridized carbons (Fsp3) is 0.632. The summed E-state index contributed by atoms with van der Waals surface area (Å²) in [5.74, 6) is -1.50. The molecule has 294 valence electrons. The van der Waals surface area contributed by atoms with Crippen molar-refractivity contribution in [1.82, 2.24) is 30.2 Å². The second-order valence-corrected chi connectivity index (χ2v) is 17.9. The molecule has 4 amide bonds. The number of methoxy groups -OCH3 is 1. The summed E-state index contributed by atoms with van der Waals surface area (Å²) in [6.07, 6.45) is 6.24. The SMILES string of the molecule is COc1ccc2nc(C)c(O[C@@H]3C[C@H]4C(=O)N[C@]5(C(=O)NS(=O)(=O)C6(C)CC6)C[C@H]5/C=C/CCCCC[C@H](NC(=O)O[C@@H](C)C(C)C)C(=O)N4C3)nc2c1. The molecule has 54 heavy (non-hydrogen) atoms. The molecule has 4 aliphatic rings. The van der Waals surface area contributed by atoms with Gasteiger partial charge in [-0.1, -0.05) is 38.8 Å². The zero-order chi connectivity index (χ0) is 39.0. The summed E-state index contributed by atoms with van der Waals surface area (Å²) in [6, 6.07) is 3.17. The molecule has 3 N–H and O–H groups in total. The number of hydrogen-bond donors (Lipinski definition) is 3. The number of allylic oxidation sites excluding steroid dienone is 1. The first kappa shape index (κ1) is 39.2. The molecule has 6 atom stereocenters. The fourth-order valence-electron chi connectivity index (χ4n) is 6.93. The van der Waals surface area contributed by atoms with E-state index in [-0.39, 0.29) is 31.2 Å². The van der Waals surface area contributed by atoms with E-state index in [1.807, 2.05) is 26.0 Å². The number of rotatable bonds is 9. The van der Waals surface area contributed by atoms with Crippen LogP contribution >= 0.6 is 0 Å². The number of ether oxygens (including phenoxy) is 3. The van der Waals surface area contributed by atoms with Crippen LogP contribution in [0, 0.1) is 18.8 Å². The van der Waals surface area contributed by atoms with Gasteiger partial charge in [-0.15, -0.1) is 0 Å². The van der Waals surface area contributed by atoms with E-state index in [2.05, 4.69) is 25.3 Å². The van der Waals surface area contributed by atoms with Crippen molar-refractivity contribution in [3.05, 3.63) is 36.0 Å². The Hall–Kier alpha value is -4.47. The molecule has 0 bridgehead atoms. The van der Waals surface area contributed by atoms with Crippen LogP contribution in [0.2, 0.25) is 0 Å². The Kier molecular flexibility index (Phi) is 11.1. The van der Waals surface area contributed by atoms with Crippen LogP contribution in [0.3, 0.4) is 0 Å². The van der Waals surface area contributed by atoms with Crippen LogP contribution in [0.1, 0.15) is 91.2 Å². The predicted molar refractivity (Wildman–Crippen MR) is 199 cm³/mol. The summed E-state index contributed by atoms with van der Waals surface area (Å²) in [4.78, 5) is 66.5. The molecule has 6 rings (SSSR count). The van der Waals surface area contributed by atoms with Crippen molar-refractivity contribution in [2.75, 3.05) is 13.7 Å². The van der Waals surface area contributed by atoms with E-state index in [4.69, 9.17) is 14.2 Å². The van der Waals surface area contributed by atoms with E-state index in [1.54, 1.807) is 46.1 Å². The first-order chi connectivity index (χ1) is 25.6. The van der Waals surface area contributed by atoms with Crippen molar-refractivity contribution in [2.24, 2.45) is 11.8 Å². The third-order valence-corrected chi connectivity index (χ3v) is 13.4. The largest absolute Gasteiger partial charge is 0.497 e. The number of aromatic nitrogens is 2. The van der Waals surface area contributed by atoms with Crippen LogP contribution in [-0.4, -0.2) is 95.3 Å². The molecule has 3 fully saturated rings. The molecule has 0 unspecified atom stereocenters. The highest BCUT2D eigenvalue weighted by Crippen LogP contribution is 2.47. The Morgan fingerprint density at radius 1 is 1.07 bits per heavy atom. The van der Waals surface area contributed by atoms with Gasteiger partial charge in [-0.3, -0.25) is 19.1 Å². The molecule has 15 nitrogen and oxygen atoms in total. The highest BCUT2D eigenvalue weighted by atomic mass is 32.2. The second kappa shape index (κ2) is 15.3. The number of alkyl carbamates (subject to hydrolysis) is 1. The Morgan fingerprint density at radius 2 is 1.83 bits per heavy atom. The Labute approximate surface area is 316 Å². The molecular formula is C38H52N6O9S. The number of nitrogens with zero attached hydrogens (tertiary/aromatic N) is 3. The molecule has 1 saturated heterocycles. The maximum absolute atomic E-state index is 14.5. The lowest BCUT2D eigenvalue weighted by atomic mass is 10.0. The van der Waals surface area contributed by atoms with Crippen LogP contribution < -0.4 is 24.8 Å². The van der Waals surface area contributed by atoms with Crippen molar-refractivity contribution in [3.63, 3.8) is 0 Å². The monoisotopic (exact) mass is 768 g/mol. The predicted octanol–water partition coefficient (Wildman–Crippen LogP) is 3.83. The maximum Gasteiger partial charge on any atom is 0.408 e. The molecule has 2 aliphatic carbocycles. The fourth-order valence-corrected chi connectivity index (χ4v) is 8.24. The van der Waals surface area contributed by atoms with Gasteiger partial charge >= 0.3 is 6.09 Å². The Bertz CT molecular complexity index is 1930. The summed E-state index contributed by atoms with van der Waals surface area (Å²) in [7, 11) is -2.44. The maximum atomic E-state index is 14.5. The number of benzene rings is 1. The van der Waals surface area contributed by atoms with Crippen LogP contribution in [0.15, 0.2) is 30.4 Å². The minimum atomic E-state index is -3.99. The van der Waals surface area contributed by atoms with Crippen LogP contribution in [0.4, 0.5) is 4.79 Å². The van der Waals surface area contributed by atoms with Crippen molar-refractivity contribution >= 4 is 44.9 Å². The van der Waals surface area contributed by atoms with Gasteiger partial charge < -0.3 is 29.7 Å². The Balaban J connectivity index is 1.31. The second-order valence-electron chi connectivity index (χ2n) is 15.7. The average molecular weight is 769 g/mol. The van der Waals surface area contributed by atoms with Gasteiger partial charge in [0.25, 0.3) is 5.91 Å². The van der Waals surface area contributed by atoms with Crippen LogP contribution in [0.25, 0.3) is 11.0 Å². The summed E-state index contributed by atoms with van der Waals surface area (Å²) < 4.78 is 44.8. The van der Waals surface area contributed by atoms with Crippen molar-refractivity contribution in [1.29, 1.82) is 0 Å². The quantitative estimate of drug-likeness (QED) is 0.314. The zero-order valence-electron chi connectivity index (χ0n) is 31.8. The summed E-state index contributed by atoms with van der Waals surface area (Å²) in [5, 5.41) is 5.64. The number of carbonyl (C=O) groups excluding carboxylic acids is 4. The molecule has 3 heterocycles. The average Bonchev–Trinajstić information content (AvgIpc) is 4.00. The molecule has 2 aliphatic heterocycles. The smallest absolute Gasteiger partial charge is 0.408 e. The first-order valence-corrected chi connectivity index (χ1v) is 20.4. The molecule has 1 aromatic heterocycles. The minimum absolute atomic E-state index is 0.0287. The van der Waals surface area contributed by atoms with E-state index in [1.165, 1.54) is 4.90 Å². The van der Waals surface area contributed by atoms with Crippen molar-refractivity contribution in [3.8, 4) is 11.6 Å². The van der Waals surface area contributed by atoms with Crippen molar-refractivity contribution in [2.45, 2.75) is 127 Å². The number of aryl methyl sites for hydroxylation is 1. The molecule has 0 spiro atoms. The third-order valence-electron chi connectivity index (χ3n) is 11.3. The normalized spacial score (nSPS) is 28.0. The first-order valence-electron chi connectivity index (χ1n) is 18.9. The third kappa shape index (κ3) is 8.27. The van der Waals surface area contributed by atoms with E-state index in [0.717, 1.165) is 12.8 Å². The van der Waals surface area contributed by atoms with Gasteiger partial charge in [0.2, 0.25) is 27.7 Å². The van der Waals surface area contributed by atoms with Gasteiger partial charge in [-0.25, -0.2) is 23.2 Å². The molecule has 2 saturated carbocycles. The summed E-state index contributed by atoms with van der Waals surface area (Å²) in [6.45, 7) is 8.93. The molecule has 1 aromatic carbocycles. The van der Waals surface area contributed by atoms with Gasteiger partial charge in [-0.05, 0) is 77.3 Å². The minimum Gasteiger partial charge on any atom is -0.497 e. The summed E-state index contributed by atoms with van der Waals surface area (Å²) >= 11 is 0. The van der Waals surface area contributed by atoms with E-state index >= 15 is 0 Å². The Morgan fingerprint density at radius 3 is 2.54 bits per heavy atom. The molecular weight excluding hydrogens is 717 g/mol. The van der Waals surface area contributed by atoms with Crippen molar-refractivity contribution < 1.29 is 41.8 Å². The lowest BCUT2D eigenvalue weighted by molar-refractivity contribution is -0.141. The van der Waals surface area contributed by atoms with E-state index in [0.29, 0.717) is 54.6 Å². The number of sulfonamides is 1. The molecule has 2 aromatic rings. The number of nitrogens with one attached hydrogen (secondary N) is 3. The van der Waals surface area contributed by atoms with Crippen LogP contribution in [0.5, 0.6) is 11.6 Å². The van der Waals surface area contributed by atoms with Gasteiger partial charge in [-0.2, -0.15) is 0 Å². The van der Waals surface area contributed by atoms with Gasteiger partial charge in [0.15, 0.2) is 0 Å². The zero-order valence-corrected chi connectivity index (χ0v) is 32.7. The number of carbonyl (C=O) groups is 4. The number of amides is 4. The van der Waals surface area contributed by atoms with Gasteiger partial charge in [0.1, 0.15) is 41.3 Å². The summed E-state index contributed by atoms with van der Waals surface area (Å²) in [5.41, 5.74) is 0.151.